The molecule has 0 atom stereocenters. The van der Waals surface area contributed by atoms with Gasteiger partial charge in [-0.2, -0.15) is 5.10 Å². The average Bonchev–Trinajstić information content (AvgIpc) is 3.10. The van der Waals surface area contributed by atoms with E-state index in [1.807, 2.05) is 12.1 Å². The Morgan fingerprint density at radius 2 is 2.33 bits per heavy atom. The Bertz CT molecular complexity index is 543. The number of hydrogen-bond donors (Lipinski definition) is 3. The van der Waals surface area contributed by atoms with Crippen LogP contribution >= 0.6 is 0 Å². The van der Waals surface area contributed by atoms with Crippen molar-refractivity contribution in [3.8, 4) is 0 Å². The quantitative estimate of drug-likeness (QED) is 0.701. The van der Waals surface area contributed by atoms with Gasteiger partial charge in [-0.05, 0) is 32.0 Å². The van der Waals surface area contributed by atoms with E-state index in [4.69, 9.17) is 5.73 Å². The van der Waals surface area contributed by atoms with E-state index in [0.29, 0.717) is 0 Å². The van der Waals surface area contributed by atoms with E-state index >= 15 is 0 Å². The normalized spacial score (nSPS) is 15.4. The fraction of sp³-hybridized carbons (Fsp3) is 0.462. The van der Waals surface area contributed by atoms with Crippen molar-refractivity contribution in [3.05, 3.63) is 18.3 Å². The Labute approximate surface area is 106 Å². The van der Waals surface area contributed by atoms with Gasteiger partial charge in [-0.3, -0.25) is 5.10 Å². The molecule has 4 N–H and O–H groups in total. The highest BCUT2D eigenvalue weighted by molar-refractivity contribution is 5.88. The number of anilines is 2. The zero-order chi connectivity index (χ0) is 12.5. The van der Waals surface area contributed by atoms with Crippen molar-refractivity contribution in [2.75, 3.05) is 31.2 Å². The Morgan fingerprint density at radius 3 is 3.11 bits per heavy atom. The van der Waals surface area contributed by atoms with Crippen LogP contribution in [0.3, 0.4) is 0 Å². The zero-order valence-electron chi connectivity index (χ0n) is 10.6. The molecule has 1 heterocycles. The summed E-state index contributed by atoms with van der Waals surface area (Å²) in [5.74, 6) is 0. The van der Waals surface area contributed by atoms with E-state index in [1.165, 1.54) is 12.8 Å². The lowest BCUT2D eigenvalue weighted by atomic mass is 10.2. The van der Waals surface area contributed by atoms with Crippen LogP contribution in [0.15, 0.2) is 18.3 Å². The van der Waals surface area contributed by atoms with E-state index < -0.39 is 0 Å². The first-order valence-corrected chi connectivity index (χ1v) is 6.41. The van der Waals surface area contributed by atoms with Gasteiger partial charge >= 0.3 is 0 Å². The maximum absolute atomic E-state index is 6.02. The molecule has 1 aromatic carbocycles. The number of hydrogen-bond acceptors (Lipinski definition) is 4. The first-order chi connectivity index (χ1) is 8.74. The molecule has 1 aliphatic carbocycles. The minimum Gasteiger partial charge on any atom is -0.397 e. The van der Waals surface area contributed by atoms with Crippen molar-refractivity contribution in [1.82, 2.24) is 15.1 Å². The highest BCUT2D eigenvalue weighted by Crippen LogP contribution is 2.26. The number of aromatic nitrogens is 2. The summed E-state index contributed by atoms with van der Waals surface area (Å²) in [4.78, 5) is 2.40. The summed E-state index contributed by atoms with van der Waals surface area (Å²) in [6.45, 7) is 1.96. The minimum absolute atomic E-state index is 0.776. The number of aromatic amines is 1. The van der Waals surface area contributed by atoms with Gasteiger partial charge in [0.25, 0.3) is 0 Å². The molecule has 0 radical (unpaired) electrons. The fourth-order valence-corrected chi connectivity index (χ4v) is 2.23. The molecule has 96 valence electrons. The summed E-state index contributed by atoms with van der Waals surface area (Å²) in [5.41, 5.74) is 8.79. The van der Waals surface area contributed by atoms with Crippen LogP contribution in [-0.2, 0) is 0 Å². The van der Waals surface area contributed by atoms with E-state index in [0.717, 1.165) is 41.4 Å². The van der Waals surface area contributed by atoms with Crippen molar-refractivity contribution in [3.63, 3.8) is 0 Å². The molecule has 18 heavy (non-hydrogen) atoms. The first-order valence-electron chi connectivity index (χ1n) is 6.41. The summed E-state index contributed by atoms with van der Waals surface area (Å²) < 4.78 is 0. The van der Waals surface area contributed by atoms with Gasteiger partial charge < -0.3 is 16.0 Å². The molecule has 0 aliphatic heterocycles. The molecule has 1 fully saturated rings. The smallest absolute Gasteiger partial charge is 0.0672 e. The van der Waals surface area contributed by atoms with Crippen molar-refractivity contribution in [2.24, 2.45) is 0 Å². The molecule has 0 amide bonds. The molecule has 1 aliphatic rings. The maximum atomic E-state index is 6.02. The predicted octanol–water partition coefficient (Wildman–Crippen LogP) is 1.65. The molecule has 0 saturated heterocycles. The van der Waals surface area contributed by atoms with Crippen LogP contribution in [0.25, 0.3) is 10.9 Å². The van der Waals surface area contributed by atoms with E-state index in [9.17, 15) is 0 Å². The lowest BCUT2D eigenvalue weighted by Gasteiger charge is -2.17. The van der Waals surface area contributed by atoms with Gasteiger partial charge in [-0.15, -0.1) is 0 Å². The fourth-order valence-electron chi connectivity index (χ4n) is 2.23. The third-order valence-corrected chi connectivity index (χ3v) is 3.56. The summed E-state index contributed by atoms with van der Waals surface area (Å²) >= 11 is 0. The standard InChI is InChI=1S/C13H19N5/c1-18(10-2-3-10)5-4-15-13-7-12-9(6-11(13)14)8-16-17-12/h6-8,10,15H,2-5,14H2,1H3,(H,16,17). The topological polar surface area (TPSA) is 70.0 Å². The third-order valence-electron chi connectivity index (χ3n) is 3.56. The largest absolute Gasteiger partial charge is 0.397 e. The van der Waals surface area contributed by atoms with Crippen LogP contribution in [0.5, 0.6) is 0 Å². The van der Waals surface area contributed by atoms with Crippen LogP contribution in [-0.4, -0.2) is 41.3 Å². The van der Waals surface area contributed by atoms with Crippen LogP contribution < -0.4 is 11.1 Å². The Morgan fingerprint density at radius 1 is 1.50 bits per heavy atom. The molecule has 5 heteroatoms. The SMILES string of the molecule is CN(CCNc1cc2[nH]ncc2cc1N)C1CC1. The van der Waals surface area contributed by atoms with Crippen molar-refractivity contribution >= 4 is 22.3 Å². The minimum atomic E-state index is 0.776. The number of nitrogen functional groups attached to an aromatic ring is 1. The van der Waals surface area contributed by atoms with Gasteiger partial charge in [-0.25, -0.2) is 0 Å². The lowest BCUT2D eigenvalue weighted by molar-refractivity contribution is 0.337. The number of nitrogens with two attached hydrogens (primary N) is 1. The average molecular weight is 245 g/mol. The monoisotopic (exact) mass is 245 g/mol. The molecular formula is C13H19N5. The first kappa shape index (κ1) is 11.3. The summed E-state index contributed by atoms with van der Waals surface area (Å²) in [7, 11) is 2.18. The summed E-state index contributed by atoms with van der Waals surface area (Å²) in [5, 5.41) is 11.4. The molecule has 0 unspecified atom stereocenters. The predicted molar refractivity (Wildman–Crippen MR) is 74.6 cm³/mol. The van der Waals surface area contributed by atoms with Crippen LogP contribution in [0.1, 0.15) is 12.8 Å². The number of H-pyrrole nitrogens is 1. The van der Waals surface area contributed by atoms with E-state index in [1.54, 1.807) is 6.20 Å². The van der Waals surface area contributed by atoms with Crippen LogP contribution in [0.2, 0.25) is 0 Å². The second-order valence-electron chi connectivity index (χ2n) is 5.04. The van der Waals surface area contributed by atoms with Gasteiger partial charge in [0.15, 0.2) is 0 Å². The number of benzene rings is 1. The highest BCUT2D eigenvalue weighted by atomic mass is 15.2. The summed E-state index contributed by atoms with van der Waals surface area (Å²) in [6.07, 6.45) is 4.48. The molecule has 1 saturated carbocycles. The van der Waals surface area contributed by atoms with Crippen LogP contribution in [0.4, 0.5) is 11.4 Å². The molecule has 3 rings (SSSR count). The zero-order valence-corrected chi connectivity index (χ0v) is 10.6. The molecule has 0 bridgehead atoms. The molecule has 0 spiro atoms. The van der Waals surface area contributed by atoms with Crippen molar-refractivity contribution in [1.29, 1.82) is 0 Å². The van der Waals surface area contributed by atoms with Crippen molar-refractivity contribution in [2.45, 2.75) is 18.9 Å². The van der Waals surface area contributed by atoms with Gasteiger partial charge in [0, 0.05) is 24.5 Å². The number of nitrogens with one attached hydrogen (secondary N) is 2. The second-order valence-corrected chi connectivity index (χ2v) is 5.04. The molecule has 5 nitrogen and oxygen atoms in total. The Kier molecular flexibility index (Phi) is 2.83. The van der Waals surface area contributed by atoms with Gasteiger partial charge in [0.1, 0.15) is 0 Å². The number of rotatable bonds is 5. The lowest BCUT2D eigenvalue weighted by Crippen LogP contribution is -2.27. The van der Waals surface area contributed by atoms with Crippen LogP contribution in [0, 0.1) is 0 Å². The van der Waals surface area contributed by atoms with E-state index in [-0.39, 0.29) is 0 Å². The third kappa shape index (κ3) is 2.26. The number of nitrogens with zero attached hydrogens (tertiary/aromatic N) is 2. The van der Waals surface area contributed by atoms with E-state index in [2.05, 4.69) is 27.5 Å². The molecular weight excluding hydrogens is 226 g/mol. The second kappa shape index (κ2) is 4.49. The van der Waals surface area contributed by atoms with Crippen molar-refractivity contribution < 1.29 is 0 Å². The summed E-state index contributed by atoms with van der Waals surface area (Å²) in [6, 6.07) is 4.78. The maximum Gasteiger partial charge on any atom is 0.0672 e. The molecule has 1 aromatic heterocycles. The highest BCUT2D eigenvalue weighted by Gasteiger charge is 2.25. The Hall–Kier alpha value is -1.75. The number of likely N-dealkylation sites (N-methyl/N-ethyl adjacent to an activating group) is 1. The molecule has 2 aromatic rings. The number of fused-ring (bicyclic) bond motifs is 1. The van der Waals surface area contributed by atoms with Gasteiger partial charge in [-0.1, -0.05) is 0 Å². The Balaban J connectivity index is 1.64. The van der Waals surface area contributed by atoms with Gasteiger partial charge in [0.05, 0.1) is 23.1 Å². The van der Waals surface area contributed by atoms with Gasteiger partial charge in [0.2, 0.25) is 0 Å².